The molecule has 0 radical (unpaired) electrons. The first-order valence-corrected chi connectivity index (χ1v) is 12.6. The smallest absolute Gasteiger partial charge is 0.306 e. The maximum atomic E-state index is 12.3. The average molecular weight is 488 g/mol. The minimum atomic E-state index is -0.0685. The number of esters is 1. The van der Waals surface area contributed by atoms with E-state index in [1.807, 2.05) is 6.92 Å². The van der Waals surface area contributed by atoms with Gasteiger partial charge in [0.1, 0.15) is 6.10 Å². The lowest BCUT2D eigenvalue weighted by molar-refractivity contribution is -0.164. The largest absolute Gasteiger partial charge is 0.461 e. The summed E-state index contributed by atoms with van der Waals surface area (Å²) in [5.41, 5.74) is 0.578. The molecule has 5 unspecified atom stereocenters. The van der Waals surface area contributed by atoms with Crippen molar-refractivity contribution in [2.24, 2.45) is 34.5 Å². The molecule has 4 aliphatic carbocycles. The Hall–Kier alpha value is 0.160. The predicted octanol–water partition coefficient (Wildman–Crippen LogP) is 5.52. The first kappa shape index (κ1) is 20.4. The number of aliphatic hydroxyl groups is 1. The summed E-state index contributed by atoms with van der Waals surface area (Å²) in [5, 5.41) is 10.2. The molecule has 154 valence electrons. The second-order valence-corrected chi connectivity index (χ2v) is 12.1. The highest BCUT2D eigenvalue weighted by molar-refractivity contribution is 14.1. The molecule has 4 fully saturated rings. The van der Waals surface area contributed by atoms with Crippen molar-refractivity contribution in [3.63, 3.8) is 0 Å². The van der Waals surface area contributed by atoms with Crippen molar-refractivity contribution in [3.8, 4) is 0 Å². The van der Waals surface area contributed by atoms with Crippen LogP contribution in [0.2, 0.25) is 0 Å². The zero-order valence-corrected chi connectivity index (χ0v) is 19.4. The second-order valence-electron chi connectivity index (χ2n) is 10.5. The molecule has 4 rings (SSSR count). The molecule has 0 aromatic rings. The SMILES string of the molecule is CCCC(=O)OC1[C@H](I)CC2C3CCC4C[C@@H](O)CC[C@]4(C)C3CC[C@@]21C. The number of ether oxygens (including phenoxy) is 1. The molecular weight excluding hydrogens is 451 g/mol. The number of rotatable bonds is 3. The Bertz CT molecular complexity index is 580. The van der Waals surface area contributed by atoms with Gasteiger partial charge in [-0.1, -0.05) is 43.4 Å². The van der Waals surface area contributed by atoms with Gasteiger partial charge in [-0.3, -0.25) is 4.79 Å². The summed E-state index contributed by atoms with van der Waals surface area (Å²) in [7, 11) is 0. The lowest BCUT2D eigenvalue weighted by Crippen LogP contribution is -2.54. The van der Waals surface area contributed by atoms with Crippen LogP contribution >= 0.6 is 22.6 Å². The third kappa shape index (κ3) is 3.29. The highest BCUT2D eigenvalue weighted by Gasteiger charge is 2.63. The molecule has 0 saturated heterocycles. The van der Waals surface area contributed by atoms with E-state index >= 15 is 0 Å². The topological polar surface area (TPSA) is 46.5 Å². The Morgan fingerprint density at radius 3 is 2.56 bits per heavy atom. The summed E-state index contributed by atoms with van der Waals surface area (Å²) >= 11 is 2.57. The molecule has 0 amide bonds. The summed E-state index contributed by atoms with van der Waals surface area (Å²) < 4.78 is 6.54. The fraction of sp³-hybridized carbons (Fsp3) is 0.957. The number of hydrogen-bond acceptors (Lipinski definition) is 3. The molecule has 3 nitrogen and oxygen atoms in total. The number of carbonyl (C=O) groups is 1. The molecule has 9 atom stereocenters. The Kier molecular flexibility index (Phi) is 5.63. The third-order valence-corrected chi connectivity index (χ3v) is 10.4. The molecule has 4 aliphatic rings. The number of alkyl halides is 1. The van der Waals surface area contributed by atoms with Crippen molar-refractivity contribution in [2.45, 2.75) is 101 Å². The second kappa shape index (κ2) is 7.45. The number of fused-ring (bicyclic) bond motifs is 5. The Morgan fingerprint density at radius 2 is 1.81 bits per heavy atom. The molecule has 0 spiro atoms. The minimum absolute atomic E-state index is 0.00472. The number of hydrogen-bond donors (Lipinski definition) is 1. The van der Waals surface area contributed by atoms with Crippen LogP contribution in [0.5, 0.6) is 0 Å². The fourth-order valence-electron chi connectivity index (χ4n) is 7.77. The zero-order valence-electron chi connectivity index (χ0n) is 17.3. The van der Waals surface area contributed by atoms with Crippen molar-refractivity contribution in [3.05, 3.63) is 0 Å². The molecule has 0 aliphatic heterocycles. The molecule has 27 heavy (non-hydrogen) atoms. The van der Waals surface area contributed by atoms with Crippen LogP contribution in [0.3, 0.4) is 0 Å². The van der Waals surface area contributed by atoms with Gasteiger partial charge in [0.15, 0.2) is 0 Å². The third-order valence-electron chi connectivity index (χ3n) is 9.25. The van der Waals surface area contributed by atoms with Gasteiger partial charge in [0.25, 0.3) is 0 Å². The van der Waals surface area contributed by atoms with Crippen molar-refractivity contribution in [1.82, 2.24) is 0 Å². The molecule has 4 heteroatoms. The maximum absolute atomic E-state index is 12.3. The van der Waals surface area contributed by atoms with Gasteiger partial charge in [-0.25, -0.2) is 0 Å². The molecule has 1 N–H and O–H groups in total. The first-order chi connectivity index (χ1) is 12.8. The van der Waals surface area contributed by atoms with Gasteiger partial charge in [-0.15, -0.1) is 0 Å². The normalized spacial score (nSPS) is 51.8. The van der Waals surface area contributed by atoms with E-state index in [4.69, 9.17) is 4.74 Å². The summed E-state index contributed by atoms with van der Waals surface area (Å²) in [5.74, 6) is 3.00. The van der Waals surface area contributed by atoms with E-state index in [-0.39, 0.29) is 23.6 Å². The maximum Gasteiger partial charge on any atom is 0.306 e. The molecule has 0 aromatic heterocycles. The molecule has 0 bridgehead atoms. The van der Waals surface area contributed by atoms with Crippen LogP contribution in [0.1, 0.15) is 85.0 Å². The number of aliphatic hydroxyl groups excluding tert-OH is 1. The van der Waals surface area contributed by atoms with Crippen molar-refractivity contribution in [1.29, 1.82) is 0 Å². The van der Waals surface area contributed by atoms with Crippen LogP contribution in [0, 0.1) is 34.5 Å². The van der Waals surface area contributed by atoms with E-state index < -0.39 is 0 Å². The monoisotopic (exact) mass is 488 g/mol. The van der Waals surface area contributed by atoms with Gasteiger partial charge in [-0.05, 0) is 86.9 Å². The van der Waals surface area contributed by atoms with Crippen molar-refractivity contribution < 1.29 is 14.6 Å². The van der Waals surface area contributed by atoms with Crippen LogP contribution in [0.4, 0.5) is 0 Å². The predicted molar refractivity (Wildman–Crippen MR) is 116 cm³/mol. The highest BCUT2D eigenvalue weighted by atomic mass is 127. The van der Waals surface area contributed by atoms with Gasteiger partial charge in [0.2, 0.25) is 0 Å². The highest BCUT2D eigenvalue weighted by Crippen LogP contribution is 2.67. The van der Waals surface area contributed by atoms with E-state index in [0.29, 0.717) is 27.6 Å². The van der Waals surface area contributed by atoms with Crippen LogP contribution in [-0.4, -0.2) is 27.2 Å². The molecular formula is C23H37IO3. The fourth-order valence-corrected chi connectivity index (χ4v) is 9.29. The van der Waals surface area contributed by atoms with Crippen LogP contribution in [0.15, 0.2) is 0 Å². The van der Waals surface area contributed by atoms with Crippen molar-refractivity contribution in [2.75, 3.05) is 0 Å². The van der Waals surface area contributed by atoms with E-state index in [1.165, 1.54) is 38.5 Å². The van der Waals surface area contributed by atoms with E-state index in [2.05, 4.69) is 36.4 Å². The van der Waals surface area contributed by atoms with E-state index in [1.54, 1.807) is 0 Å². The van der Waals surface area contributed by atoms with Gasteiger partial charge >= 0.3 is 5.97 Å². The van der Waals surface area contributed by atoms with Crippen LogP contribution < -0.4 is 0 Å². The quantitative estimate of drug-likeness (QED) is 0.324. The zero-order chi connectivity index (χ0) is 19.4. The summed E-state index contributed by atoms with van der Waals surface area (Å²) in [6, 6.07) is 0. The van der Waals surface area contributed by atoms with Crippen molar-refractivity contribution >= 4 is 28.6 Å². The van der Waals surface area contributed by atoms with E-state index in [9.17, 15) is 9.90 Å². The van der Waals surface area contributed by atoms with Gasteiger partial charge in [0.05, 0.1) is 6.10 Å². The summed E-state index contributed by atoms with van der Waals surface area (Å²) in [6.07, 6.45) is 11.0. The Balaban J connectivity index is 1.55. The number of carbonyl (C=O) groups excluding carboxylic acids is 1. The lowest BCUT2D eigenvalue weighted by atomic mass is 9.45. The number of halogens is 1. The Morgan fingerprint density at radius 1 is 1.07 bits per heavy atom. The van der Waals surface area contributed by atoms with Gasteiger partial charge in [0, 0.05) is 15.8 Å². The van der Waals surface area contributed by atoms with Gasteiger partial charge < -0.3 is 9.84 Å². The molecule has 4 saturated carbocycles. The van der Waals surface area contributed by atoms with Crippen LogP contribution in [-0.2, 0) is 9.53 Å². The van der Waals surface area contributed by atoms with E-state index in [0.717, 1.165) is 31.1 Å². The summed E-state index contributed by atoms with van der Waals surface area (Å²) in [4.78, 5) is 12.3. The summed E-state index contributed by atoms with van der Waals surface area (Å²) in [6.45, 7) is 7.02. The Labute approximate surface area is 178 Å². The van der Waals surface area contributed by atoms with Crippen LogP contribution in [0.25, 0.3) is 0 Å². The van der Waals surface area contributed by atoms with Gasteiger partial charge in [-0.2, -0.15) is 0 Å². The minimum Gasteiger partial charge on any atom is -0.461 e. The first-order valence-electron chi connectivity index (χ1n) is 11.3. The molecule has 0 aromatic carbocycles. The lowest BCUT2D eigenvalue weighted by Gasteiger charge is -2.60. The standard InChI is InChI=1S/C23H37IO3/c1-4-5-20(26)27-21-19(24)13-18-16-7-6-14-12-15(25)8-10-22(14,2)17(16)9-11-23(18,21)3/h14-19,21,25H,4-13H2,1-3H3/t14?,15-,16?,17?,18?,19+,21?,22-,23-/m0/s1. The average Bonchev–Trinajstić information content (AvgIpc) is 2.87. The molecule has 0 heterocycles.